The van der Waals surface area contributed by atoms with Gasteiger partial charge in [-0.2, -0.15) is 0 Å². The van der Waals surface area contributed by atoms with Crippen molar-refractivity contribution in [3.05, 3.63) is 28.8 Å². The van der Waals surface area contributed by atoms with E-state index < -0.39 is 0 Å². The fraction of sp³-hybridized carbons (Fsp3) is 0.300. The Labute approximate surface area is 83.9 Å². The van der Waals surface area contributed by atoms with Crippen molar-refractivity contribution < 1.29 is 4.79 Å². The largest absolute Gasteiger partial charge is 0.329 e. The lowest BCUT2D eigenvalue weighted by Crippen LogP contribution is -1.93. The van der Waals surface area contributed by atoms with Crippen molar-refractivity contribution in [2.45, 2.75) is 20.8 Å². The number of benzene rings is 1. The molecule has 0 unspecified atom stereocenters. The highest BCUT2D eigenvalue weighted by Gasteiger charge is 1.94. The van der Waals surface area contributed by atoms with E-state index in [0.29, 0.717) is 11.4 Å². The molecule has 0 aliphatic heterocycles. The predicted molar refractivity (Wildman–Crippen MR) is 57.2 cm³/mol. The van der Waals surface area contributed by atoms with Gasteiger partial charge in [-0.1, -0.05) is 25.4 Å². The average molecular weight is 200 g/mol. The minimum atomic E-state index is 0.642. The summed E-state index contributed by atoms with van der Waals surface area (Å²) in [5.41, 5.74) is 1.72. The maximum absolute atomic E-state index is 10.0. The van der Waals surface area contributed by atoms with Crippen LogP contribution in [0, 0.1) is 6.92 Å². The van der Waals surface area contributed by atoms with Crippen LogP contribution in [0.15, 0.2) is 18.2 Å². The Bertz CT molecular complexity index is 274. The molecule has 0 atom stereocenters. The van der Waals surface area contributed by atoms with Gasteiger partial charge in [-0.3, -0.25) is 4.79 Å². The van der Waals surface area contributed by atoms with Gasteiger partial charge in [-0.25, -0.2) is 0 Å². The van der Waals surface area contributed by atoms with Gasteiger partial charge in [0.05, 0.1) is 0 Å². The quantitative estimate of drug-likeness (QED) is 0.728. The Morgan fingerprint density at radius 2 is 2.00 bits per heavy atom. The number of hydrogen-bond acceptors (Lipinski definition) is 1. The van der Waals surface area contributed by atoms with Crippen LogP contribution in [0.2, 0.25) is 5.02 Å². The number of halogens is 1. The van der Waals surface area contributed by atoms with Crippen LogP contribution in [0.5, 0.6) is 0 Å². The van der Waals surface area contributed by atoms with Gasteiger partial charge in [0.1, 0.15) is 0 Å². The lowest BCUT2D eigenvalue weighted by Gasteiger charge is -2.00. The SMILES string of the molecule is CC.Cc1cc(NC=O)ccc1Cl. The molecular weight excluding hydrogens is 186 g/mol. The summed E-state index contributed by atoms with van der Waals surface area (Å²) < 4.78 is 0. The molecule has 0 aliphatic rings. The van der Waals surface area contributed by atoms with E-state index in [1.54, 1.807) is 12.1 Å². The molecule has 3 heteroatoms. The molecule has 1 aromatic rings. The third-order valence-corrected chi connectivity index (χ3v) is 1.81. The summed E-state index contributed by atoms with van der Waals surface area (Å²) in [4.78, 5) is 10.0. The molecule has 1 amide bonds. The summed E-state index contributed by atoms with van der Waals surface area (Å²) in [5, 5.41) is 3.25. The molecule has 2 nitrogen and oxygen atoms in total. The summed E-state index contributed by atoms with van der Waals surface area (Å²) in [6.07, 6.45) is 0.642. The van der Waals surface area contributed by atoms with Crippen LogP contribution >= 0.6 is 11.6 Å². The van der Waals surface area contributed by atoms with Crippen molar-refractivity contribution in [2.24, 2.45) is 0 Å². The van der Waals surface area contributed by atoms with Gasteiger partial charge in [0.2, 0.25) is 6.41 Å². The topological polar surface area (TPSA) is 29.1 Å². The Morgan fingerprint density at radius 1 is 1.38 bits per heavy atom. The lowest BCUT2D eigenvalue weighted by atomic mass is 10.2. The standard InChI is InChI=1S/C8H8ClNO.C2H6/c1-6-4-7(10-5-11)2-3-8(6)9;1-2/h2-5H,1H3,(H,10,11);1-2H3. The number of aryl methyl sites for hydroxylation is 1. The van der Waals surface area contributed by atoms with Gasteiger partial charge < -0.3 is 5.32 Å². The van der Waals surface area contributed by atoms with E-state index in [0.717, 1.165) is 11.3 Å². The zero-order chi connectivity index (χ0) is 10.3. The van der Waals surface area contributed by atoms with Crippen LogP contribution in [-0.2, 0) is 4.79 Å². The van der Waals surface area contributed by atoms with E-state index in [2.05, 4.69) is 5.32 Å². The Balaban J connectivity index is 0.000000671. The van der Waals surface area contributed by atoms with Crippen molar-refractivity contribution in [3.8, 4) is 0 Å². The summed E-state index contributed by atoms with van der Waals surface area (Å²) >= 11 is 5.76. The van der Waals surface area contributed by atoms with Gasteiger partial charge in [0.25, 0.3) is 0 Å². The maximum atomic E-state index is 10.0. The van der Waals surface area contributed by atoms with E-state index in [9.17, 15) is 4.79 Å². The molecule has 1 aromatic carbocycles. The van der Waals surface area contributed by atoms with Crippen molar-refractivity contribution >= 4 is 23.7 Å². The van der Waals surface area contributed by atoms with Crippen LogP contribution in [0.25, 0.3) is 0 Å². The fourth-order valence-electron chi connectivity index (χ4n) is 0.803. The molecule has 0 saturated carbocycles. The molecule has 0 aliphatic carbocycles. The first kappa shape index (κ1) is 12.0. The molecular formula is C10H14ClNO. The molecule has 72 valence electrons. The van der Waals surface area contributed by atoms with Gasteiger partial charge in [0.15, 0.2) is 0 Å². The number of rotatable bonds is 2. The van der Waals surface area contributed by atoms with E-state index >= 15 is 0 Å². The molecule has 0 spiro atoms. The second kappa shape index (κ2) is 6.49. The normalized spacial score (nSPS) is 8.31. The molecule has 0 bridgehead atoms. The molecule has 1 N–H and O–H groups in total. The van der Waals surface area contributed by atoms with Crippen LogP contribution in [0.3, 0.4) is 0 Å². The minimum Gasteiger partial charge on any atom is -0.329 e. The van der Waals surface area contributed by atoms with Gasteiger partial charge in [-0.05, 0) is 30.7 Å². The molecule has 1 rings (SSSR count). The Morgan fingerprint density at radius 3 is 2.46 bits per heavy atom. The number of nitrogens with one attached hydrogen (secondary N) is 1. The summed E-state index contributed by atoms with van der Waals surface area (Å²) in [6, 6.07) is 5.32. The molecule has 0 heterocycles. The summed E-state index contributed by atoms with van der Waals surface area (Å²) in [7, 11) is 0. The minimum absolute atomic E-state index is 0.642. The first-order valence-corrected chi connectivity index (χ1v) is 4.58. The van der Waals surface area contributed by atoms with E-state index in [4.69, 9.17) is 11.6 Å². The van der Waals surface area contributed by atoms with Crippen LogP contribution in [0.4, 0.5) is 5.69 Å². The Kier molecular flexibility index (Phi) is 5.98. The first-order valence-electron chi connectivity index (χ1n) is 4.20. The van der Waals surface area contributed by atoms with Crippen LogP contribution in [0.1, 0.15) is 19.4 Å². The molecule has 0 aromatic heterocycles. The van der Waals surface area contributed by atoms with E-state index in [1.807, 2.05) is 26.8 Å². The van der Waals surface area contributed by atoms with Gasteiger partial charge >= 0.3 is 0 Å². The summed E-state index contributed by atoms with van der Waals surface area (Å²) in [6.45, 7) is 5.89. The molecule has 13 heavy (non-hydrogen) atoms. The fourth-order valence-corrected chi connectivity index (χ4v) is 0.920. The number of carbonyl (C=O) groups is 1. The van der Waals surface area contributed by atoms with E-state index in [1.165, 1.54) is 0 Å². The maximum Gasteiger partial charge on any atom is 0.211 e. The zero-order valence-electron chi connectivity index (χ0n) is 8.10. The van der Waals surface area contributed by atoms with Crippen molar-refractivity contribution in [1.82, 2.24) is 0 Å². The second-order valence-electron chi connectivity index (χ2n) is 2.23. The molecule has 0 fully saturated rings. The highest BCUT2D eigenvalue weighted by Crippen LogP contribution is 2.18. The number of anilines is 1. The third-order valence-electron chi connectivity index (χ3n) is 1.38. The molecule has 0 saturated heterocycles. The first-order chi connectivity index (χ1) is 6.24. The third kappa shape index (κ3) is 3.95. The average Bonchev–Trinajstić information content (AvgIpc) is 2.15. The molecule has 0 radical (unpaired) electrons. The highest BCUT2D eigenvalue weighted by atomic mass is 35.5. The van der Waals surface area contributed by atoms with Crippen molar-refractivity contribution in [1.29, 1.82) is 0 Å². The second-order valence-corrected chi connectivity index (χ2v) is 2.63. The van der Waals surface area contributed by atoms with E-state index in [-0.39, 0.29) is 0 Å². The smallest absolute Gasteiger partial charge is 0.211 e. The lowest BCUT2D eigenvalue weighted by molar-refractivity contribution is -0.105. The monoisotopic (exact) mass is 199 g/mol. The van der Waals surface area contributed by atoms with Gasteiger partial charge in [0, 0.05) is 10.7 Å². The zero-order valence-corrected chi connectivity index (χ0v) is 8.85. The van der Waals surface area contributed by atoms with Gasteiger partial charge in [-0.15, -0.1) is 0 Å². The van der Waals surface area contributed by atoms with Crippen LogP contribution in [-0.4, -0.2) is 6.41 Å². The predicted octanol–water partition coefficient (Wildman–Crippen LogP) is 3.24. The number of hydrogen-bond donors (Lipinski definition) is 1. The highest BCUT2D eigenvalue weighted by molar-refractivity contribution is 6.31. The number of carbonyl (C=O) groups excluding carboxylic acids is 1. The van der Waals surface area contributed by atoms with Crippen molar-refractivity contribution in [3.63, 3.8) is 0 Å². The summed E-state index contributed by atoms with van der Waals surface area (Å²) in [5.74, 6) is 0. The van der Waals surface area contributed by atoms with Crippen LogP contribution < -0.4 is 5.32 Å². The van der Waals surface area contributed by atoms with Crippen molar-refractivity contribution in [2.75, 3.05) is 5.32 Å². The number of amides is 1. The Hall–Kier alpha value is -1.02.